The number of amides is 2. The molecular formula is C28H30N4O2. The van der Waals surface area contributed by atoms with Gasteiger partial charge in [0.1, 0.15) is 0 Å². The van der Waals surface area contributed by atoms with Gasteiger partial charge in [-0.15, -0.1) is 0 Å². The zero-order valence-corrected chi connectivity index (χ0v) is 19.5. The van der Waals surface area contributed by atoms with Crippen molar-refractivity contribution >= 4 is 49.8 Å². The van der Waals surface area contributed by atoms with Gasteiger partial charge >= 0.3 is 0 Å². The molecule has 1 atom stereocenters. The number of carbonyl (C=O) groups is 2. The molecule has 174 valence electrons. The first-order valence-corrected chi connectivity index (χ1v) is 11.9. The van der Waals surface area contributed by atoms with Crippen LogP contribution in [0.3, 0.4) is 0 Å². The van der Waals surface area contributed by atoms with E-state index in [2.05, 4.69) is 76.8 Å². The van der Waals surface area contributed by atoms with Gasteiger partial charge in [0.05, 0.1) is 6.04 Å². The van der Waals surface area contributed by atoms with Crippen LogP contribution < -0.4 is 11.1 Å². The van der Waals surface area contributed by atoms with Crippen LogP contribution in [0.2, 0.25) is 0 Å². The molecule has 4 aromatic carbocycles. The van der Waals surface area contributed by atoms with Crippen LogP contribution in [-0.2, 0) is 9.59 Å². The zero-order chi connectivity index (χ0) is 23.7. The number of nitrogens with zero attached hydrogens (tertiary/aromatic N) is 2. The van der Waals surface area contributed by atoms with Gasteiger partial charge in [-0.25, -0.2) is 0 Å². The van der Waals surface area contributed by atoms with Gasteiger partial charge in [-0.05, 0) is 57.9 Å². The van der Waals surface area contributed by atoms with Crippen LogP contribution in [0.15, 0.2) is 66.7 Å². The van der Waals surface area contributed by atoms with E-state index in [0.29, 0.717) is 6.42 Å². The number of benzene rings is 4. The summed E-state index contributed by atoms with van der Waals surface area (Å²) in [5.74, 6) is -0.464. The lowest BCUT2D eigenvalue weighted by molar-refractivity contribution is -0.124. The lowest BCUT2D eigenvalue weighted by atomic mass is 9.97. The molecular weight excluding hydrogens is 424 g/mol. The number of nitrogens with two attached hydrogens (primary N) is 1. The molecule has 1 unspecified atom stereocenters. The van der Waals surface area contributed by atoms with E-state index in [-0.39, 0.29) is 18.2 Å². The molecule has 0 aliphatic carbocycles. The Morgan fingerprint density at radius 2 is 1.50 bits per heavy atom. The van der Waals surface area contributed by atoms with Crippen LogP contribution in [0.25, 0.3) is 32.3 Å². The number of rotatable bonds is 6. The van der Waals surface area contributed by atoms with E-state index in [1.54, 1.807) is 0 Å². The molecule has 0 aromatic heterocycles. The van der Waals surface area contributed by atoms with E-state index in [1.165, 1.54) is 21.5 Å². The topological polar surface area (TPSA) is 78.7 Å². The highest BCUT2D eigenvalue weighted by atomic mass is 16.2. The predicted molar refractivity (Wildman–Crippen MR) is 139 cm³/mol. The average Bonchev–Trinajstić information content (AvgIpc) is 2.84. The summed E-state index contributed by atoms with van der Waals surface area (Å²) >= 11 is 0. The van der Waals surface area contributed by atoms with Crippen molar-refractivity contribution in [3.63, 3.8) is 0 Å². The van der Waals surface area contributed by atoms with Crippen molar-refractivity contribution in [2.75, 3.05) is 38.5 Å². The second-order valence-corrected chi connectivity index (χ2v) is 9.23. The Balaban J connectivity index is 1.30. The maximum atomic E-state index is 12.7. The van der Waals surface area contributed by atoms with Gasteiger partial charge in [0.15, 0.2) is 0 Å². The Kier molecular flexibility index (Phi) is 6.18. The molecule has 1 saturated heterocycles. The molecule has 6 nitrogen and oxygen atoms in total. The Bertz CT molecular complexity index is 1380. The van der Waals surface area contributed by atoms with Crippen LogP contribution >= 0.6 is 0 Å². The van der Waals surface area contributed by atoms with Crippen molar-refractivity contribution in [3.8, 4) is 0 Å². The third kappa shape index (κ3) is 4.47. The number of hydrogen-bond acceptors (Lipinski definition) is 4. The summed E-state index contributed by atoms with van der Waals surface area (Å²) in [6.07, 6.45) is 0.678. The van der Waals surface area contributed by atoms with Gasteiger partial charge in [0.25, 0.3) is 0 Å². The number of fused-ring (bicyclic) bond motifs is 5. The van der Waals surface area contributed by atoms with Crippen molar-refractivity contribution in [2.24, 2.45) is 5.73 Å². The van der Waals surface area contributed by atoms with E-state index >= 15 is 0 Å². The average molecular weight is 455 g/mol. The highest BCUT2D eigenvalue weighted by molar-refractivity contribution is 6.17. The monoisotopic (exact) mass is 454 g/mol. The Morgan fingerprint density at radius 1 is 0.853 bits per heavy atom. The molecule has 0 radical (unpaired) electrons. The van der Waals surface area contributed by atoms with Gasteiger partial charge in [0, 0.05) is 38.3 Å². The molecule has 0 saturated carbocycles. The number of carbonyl (C=O) groups excluding carboxylic acids is 2. The van der Waals surface area contributed by atoms with Gasteiger partial charge in [0.2, 0.25) is 11.8 Å². The largest absolute Gasteiger partial charge is 0.368 e. The number of likely N-dealkylation sites (N-methyl/N-ethyl adjacent to an activating group) is 1. The molecule has 1 aliphatic rings. The Labute approximate surface area is 199 Å². The summed E-state index contributed by atoms with van der Waals surface area (Å²) < 4.78 is 0. The summed E-state index contributed by atoms with van der Waals surface area (Å²) in [6, 6.07) is 22.6. The zero-order valence-electron chi connectivity index (χ0n) is 19.5. The maximum absolute atomic E-state index is 12.7. The fourth-order valence-electron chi connectivity index (χ4n) is 5.04. The number of piperazine rings is 1. The molecule has 6 heteroatoms. The fourth-order valence-corrected chi connectivity index (χ4v) is 5.04. The summed E-state index contributed by atoms with van der Waals surface area (Å²) in [7, 11) is 2.07. The molecule has 0 bridgehead atoms. The van der Waals surface area contributed by atoms with E-state index in [9.17, 15) is 9.59 Å². The van der Waals surface area contributed by atoms with E-state index in [4.69, 9.17) is 5.73 Å². The van der Waals surface area contributed by atoms with Crippen LogP contribution in [-0.4, -0.2) is 60.9 Å². The minimum absolute atomic E-state index is 0.105. The van der Waals surface area contributed by atoms with E-state index in [0.717, 1.165) is 42.6 Å². The minimum atomic E-state index is -0.405. The lowest BCUT2D eigenvalue weighted by Crippen LogP contribution is -2.53. The molecule has 34 heavy (non-hydrogen) atoms. The van der Waals surface area contributed by atoms with Crippen LogP contribution in [0, 0.1) is 0 Å². The molecule has 1 heterocycles. The van der Waals surface area contributed by atoms with Crippen molar-refractivity contribution in [1.82, 2.24) is 9.80 Å². The van der Waals surface area contributed by atoms with Gasteiger partial charge in [-0.2, -0.15) is 0 Å². The highest BCUT2D eigenvalue weighted by Crippen LogP contribution is 2.32. The first-order chi connectivity index (χ1) is 16.5. The molecule has 0 spiro atoms. The Morgan fingerprint density at radius 3 is 2.24 bits per heavy atom. The molecule has 1 fully saturated rings. The van der Waals surface area contributed by atoms with Crippen LogP contribution in [0.4, 0.5) is 5.69 Å². The molecule has 3 N–H and O–H groups in total. The third-order valence-corrected chi connectivity index (χ3v) is 6.98. The normalized spacial score (nSPS) is 16.1. The first-order valence-electron chi connectivity index (χ1n) is 11.9. The van der Waals surface area contributed by atoms with Crippen LogP contribution in [0.5, 0.6) is 0 Å². The standard InChI is InChI=1S/C28H30N4O2/c1-31-14-16-32(17-15-31)26(28(29)34)12-13-27(33)30-21-8-11-23-20(18-21)7-10-24-22-5-3-2-4-19(22)6-9-25(23)24/h2-11,18,26H,12-17H2,1H3,(H2,29,34)(H,30,33). The second-order valence-electron chi connectivity index (χ2n) is 9.23. The van der Waals surface area contributed by atoms with Gasteiger partial charge in [-0.3, -0.25) is 14.5 Å². The van der Waals surface area contributed by atoms with Crippen molar-refractivity contribution < 1.29 is 9.59 Å². The number of hydrogen-bond donors (Lipinski definition) is 2. The summed E-state index contributed by atoms with van der Waals surface area (Å²) in [6.45, 7) is 3.38. The Hall–Kier alpha value is -3.48. The SMILES string of the molecule is CN1CCN(C(CCC(=O)Nc2ccc3c(ccc4c5ccccc5ccc34)c2)C(N)=O)CC1. The summed E-state index contributed by atoms with van der Waals surface area (Å²) in [5.41, 5.74) is 6.41. The summed E-state index contributed by atoms with van der Waals surface area (Å²) in [4.78, 5) is 29.0. The minimum Gasteiger partial charge on any atom is -0.368 e. The first kappa shape index (κ1) is 22.3. The highest BCUT2D eigenvalue weighted by Gasteiger charge is 2.27. The molecule has 2 amide bonds. The smallest absolute Gasteiger partial charge is 0.234 e. The van der Waals surface area contributed by atoms with Crippen molar-refractivity contribution in [3.05, 3.63) is 66.7 Å². The third-order valence-electron chi connectivity index (χ3n) is 6.98. The van der Waals surface area contributed by atoms with Gasteiger partial charge in [-0.1, -0.05) is 54.6 Å². The molecule has 4 aromatic rings. The molecule has 1 aliphatic heterocycles. The molecule has 5 rings (SSSR count). The van der Waals surface area contributed by atoms with Crippen molar-refractivity contribution in [2.45, 2.75) is 18.9 Å². The number of nitrogens with one attached hydrogen (secondary N) is 1. The summed E-state index contributed by atoms with van der Waals surface area (Å²) in [5, 5.41) is 10.1. The van der Waals surface area contributed by atoms with E-state index < -0.39 is 6.04 Å². The maximum Gasteiger partial charge on any atom is 0.234 e. The van der Waals surface area contributed by atoms with E-state index in [1.807, 2.05) is 12.1 Å². The lowest BCUT2D eigenvalue weighted by Gasteiger charge is -2.36. The van der Waals surface area contributed by atoms with Gasteiger partial charge < -0.3 is 16.0 Å². The van der Waals surface area contributed by atoms with Crippen LogP contribution in [0.1, 0.15) is 12.8 Å². The fraction of sp³-hybridized carbons (Fsp3) is 0.286. The number of primary amides is 1. The quantitative estimate of drug-likeness (QED) is 0.432. The predicted octanol–water partition coefficient (Wildman–Crippen LogP) is 3.97. The van der Waals surface area contributed by atoms with Crippen molar-refractivity contribution in [1.29, 1.82) is 0 Å². The second kappa shape index (κ2) is 9.41. The number of anilines is 1.